The molecule has 0 aliphatic rings. The van der Waals surface area contributed by atoms with E-state index in [-0.39, 0.29) is 5.92 Å². The Bertz CT molecular complexity index is 367. The van der Waals surface area contributed by atoms with Gasteiger partial charge in [-0.25, -0.2) is 13.2 Å². The van der Waals surface area contributed by atoms with Crippen molar-refractivity contribution in [1.82, 2.24) is 0 Å². The average molecular weight is 230 g/mol. The summed E-state index contributed by atoms with van der Waals surface area (Å²) in [5, 5.41) is 0. The molecule has 1 rings (SSSR count). The summed E-state index contributed by atoms with van der Waals surface area (Å²) in [6, 6.07) is 4.21. The van der Waals surface area contributed by atoms with Crippen LogP contribution in [0.5, 0.6) is 0 Å². The van der Waals surface area contributed by atoms with E-state index in [4.69, 9.17) is 0 Å². The highest BCUT2D eigenvalue weighted by Crippen LogP contribution is 2.38. The minimum Gasteiger partial charge on any atom is -0.206 e. The fraction of sp³-hybridized carbons (Fsp3) is 0.538. The Balaban J connectivity index is 3.31. The van der Waals surface area contributed by atoms with Crippen LogP contribution in [-0.2, 0) is 5.92 Å². The van der Waals surface area contributed by atoms with Crippen molar-refractivity contribution in [2.24, 2.45) is 5.92 Å². The van der Waals surface area contributed by atoms with E-state index in [0.29, 0.717) is 5.56 Å². The highest BCUT2D eigenvalue weighted by atomic mass is 19.3. The molecule has 0 aromatic heterocycles. The van der Waals surface area contributed by atoms with Crippen LogP contribution < -0.4 is 0 Å². The molecule has 0 bridgehead atoms. The second-order valence-corrected chi connectivity index (χ2v) is 4.64. The van der Waals surface area contributed by atoms with Gasteiger partial charge in [-0.15, -0.1) is 0 Å². The van der Waals surface area contributed by atoms with Gasteiger partial charge in [-0.1, -0.05) is 45.9 Å². The molecule has 0 nitrogen and oxygen atoms in total. The lowest BCUT2D eigenvalue weighted by Crippen LogP contribution is -2.23. The van der Waals surface area contributed by atoms with E-state index in [1.807, 2.05) is 0 Å². The minimum absolute atomic E-state index is 0.0945. The molecule has 0 aliphatic heterocycles. The zero-order valence-electron chi connectivity index (χ0n) is 10.0. The Morgan fingerprint density at radius 3 is 2.06 bits per heavy atom. The van der Waals surface area contributed by atoms with Crippen molar-refractivity contribution in [2.45, 2.75) is 39.5 Å². The second kappa shape index (κ2) is 4.48. The van der Waals surface area contributed by atoms with Crippen LogP contribution in [0, 0.1) is 11.7 Å². The third-order valence-electron chi connectivity index (χ3n) is 2.73. The number of benzene rings is 1. The molecule has 1 aromatic rings. The summed E-state index contributed by atoms with van der Waals surface area (Å²) in [7, 11) is 0. The number of hydrogen-bond acceptors (Lipinski definition) is 0. The van der Waals surface area contributed by atoms with Gasteiger partial charge in [0.25, 0.3) is 5.92 Å². The Hall–Kier alpha value is -0.990. The zero-order valence-corrected chi connectivity index (χ0v) is 10.0. The summed E-state index contributed by atoms with van der Waals surface area (Å²) in [5.41, 5.74) is -0.147. The number of rotatable bonds is 3. The van der Waals surface area contributed by atoms with E-state index in [1.54, 1.807) is 19.9 Å². The maximum absolute atomic E-state index is 13.9. The summed E-state index contributed by atoms with van der Waals surface area (Å²) in [6.45, 7) is 6.36. The first-order valence-electron chi connectivity index (χ1n) is 5.45. The number of halogens is 3. The highest BCUT2D eigenvalue weighted by molar-refractivity contribution is 5.31. The van der Waals surface area contributed by atoms with Crippen molar-refractivity contribution < 1.29 is 13.2 Å². The Kier molecular flexibility index (Phi) is 3.66. The predicted molar refractivity (Wildman–Crippen MR) is 59.2 cm³/mol. The largest absolute Gasteiger partial charge is 0.278 e. The second-order valence-electron chi connectivity index (χ2n) is 4.64. The van der Waals surface area contributed by atoms with Crippen molar-refractivity contribution in [2.75, 3.05) is 0 Å². The molecule has 3 heteroatoms. The van der Waals surface area contributed by atoms with Crippen LogP contribution in [-0.4, -0.2) is 0 Å². The predicted octanol–water partition coefficient (Wildman–Crippen LogP) is 4.70. The van der Waals surface area contributed by atoms with Crippen LogP contribution in [0.25, 0.3) is 0 Å². The van der Waals surface area contributed by atoms with E-state index in [2.05, 4.69) is 0 Å². The number of alkyl halides is 2. The van der Waals surface area contributed by atoms with E-state index < -0.39 is 23.2 Å². The lowest BCUT2D eigenvalue weighted by molar-refractivity contribution is -0.0545. The molecule has 0 radical (unpaired) electrons. The molecule has 0 amide bonds. The molecular formula is C13H17F3. The maximum Gasteiger partial charge on any atom is 0.278 e. The van der Waals surface area contributed by atoms with Crippen molar-refractivity contribution in [3.05, 3.63) is 35.1 Å². The van der Waals surface area contributed by atoms with Crippen LogP contribution >= 0.6 is 0 Å². The molecule has 0 heterocycles. The van der Waals surface area contributed by atoms with E-state index >= 15 is 0 Å². The standard InChI is InChI=1S/C13H17F3/c1-8(2)10-6-5-7-11(12(10)14)13(15,16)9(3)4/h5-9H,1-4H3. The number of hydrogen-bond donors (Lipinski definition) is 0. The van der Waals surface area contributed by atoms with E-state index in [1.165, 1.54) is 26.0 Å². The molecule has 0 atom stereocenters. The first-order valence-corrected chi connectivity index (χ1v) is 5.45. The summed E-state index contributed by atoms with van der Waals surface area (Å²) >= 11 is 0. The van der Waals surface area contributed by atoms with Crippen LogP contribution in [0.3, 0.4) is 0 Å². The molecule has 0 fully saturated rings. The summed E-state index contributed by atoms with van der Waals surface area (Å²) in [4.78, 5) is 0. The monoisotopic (exact) mass is 230 g/mol. The van der Waals surface area contributed by atoms with Gasteiger partial charge in [-0.2, -0.15) is 0 Å². The zero-order chi connectivity index (χ0) is 12.5. The fourth-order valence-corrected chi connectivity index (χ4v) is 1.56. The van der Waals surface area contributed by atoms with Crippen LogP contribution in [0.4, 0.5) is 13.2 Å². The Morgan fingerprint density at radius 2 is 1.62 bits per heavy atom. The third-order valence-corrected chi connectivity index (χ3v) is 2.73. The van der Waals surface area contributed by atoms with E-state index in [0.717, 1.165) is 0 Å². The van der Waals surface area contributed by atoms with Crippen LogP contribution in [0.15, 0.2) is 18.2 Å². The Labute approximate surface area is 94.5 Å². The summed E-state index contributed by atoms with van der Waals surface area (Å²) in [5.74, 6) is -4.89. The van der Waals surface area contributed by atoms with Gasteiger partial charge in [0.1, 0.15) is 5.82 Å². The quantitative estimate of drug-likeness (QED) is 0.706. The van der Waals surface area contributed by atoms with E-state index in [9.17, 15) is 13.2 Å². The van der Waals surface area contributed by atoms with Crippen molar-refractivity contribution in [3.8, 4) is 0 Å². The smallest absolute Gasteiger partial charge is 0.206 e. The van der Waals surface area contributed by atoms with Crippen LogP contribution in [0.2, 0.25) is 0 Å². The molecule has 90 valence electrons. The lowest BCUT2D eigenvalue weighted by Gasteiger charge is -2.22. The average Bonchev–Trinajstić information content (AvgIpc) is 2.16. The molecule has 0 N–H and O–H groups in total. The van der Waals surface area contributed by atoms with Gasteiger partial charge in [0, 0.05) is 5.92 Å². The molecule has 0 saturated carbocycles. The molecule has 0 spiro atoms. The van der Waals surface area contributed by atoms with Gasteiger partial charge in [-0.05, 0) is 11.5 Å². The first-order chi connectivity index (χ1) is 7.28. The van der Waals surface area contributed by atoms with Gasteiger partial charge in [0.15, 0.2) is 0 Å². The maximum atomic E-state index is 13.9. The molecule has 0 saturated heterocycles. The van der Waals surface area contributed by atoms with Gasteiger partial charge >= 0.3 is 0 Å². The third kappa shape index (κ3) is 2.23. The molecule has 0 unspecified atom stereocenters. The molecular weight excluding hydrogens is 213 g/mol. The van der Waals surface area contributed by atoms with Crippen molar-refractivity contribution in [3.63, 3.8) is 0 Å². The van der Waals surface area contributed by atoms with Gasteiger partial charge in [0.2, 0.25) is 0 Å². The van der Waals surface area contributed by atoms with Crippen LogP contribution in [0.1, 0.15) is 44.7 Å². The van der Waals surface area contributed by atoms with Gasteiger partial charge < -0.3 is 0 Å². The molecule has 0 aliphatic carbocycles. The normalized spacial score (nSPS) is 12.6. The molecule has 1 aromatic carbocycles. The van der Waals surface area contributed by atoms with Gasteiger partial charge in [0.05, 0.1) is 5.56 Å². The lowest BCUT2D eigenvalue weighted by atomic mass is 9.92. The fourth-order valence-electron chi connectivity index (χ4n) is 1.56. The highest BCUT2D eigenvalue weighted by Gasteiger charge is 2.38. The van der Waals surface area contributed by atoms with Crippen molar-refractivity contribution >= 4 is 0 Å². The SMILES string of the molecule is CC(C)c1cccc(C(F)(F)C(C)C)c1F. The van der Waals surface area contributed by atoms with Gasteiger partial charge in [-0.3, -0.25) is 0 Å². The topological polar surface area (TPSA) is 0 Å². The Morgan fingerprint density at radius 1 is 1.06 bits per heavy atom. The summed E-state index contributed by atoms with van der Waals surface area (Å²) in [6.07, 6.45) is 0. The van der Waals surface area contributed by atoms with Crippen molar-refractivity contribution in [1.29, 1.82) is 0 Å². The molecule has 16 heavy (non-hydrogen) atoms. The summed E-state index contributed by atoms with van der Waals surface area (Å²) < 4.78 is 41.4. The minimum atomic E-state index is -3.12. The first kappa shape index (κ1) is 13.1.